The molecule has 0 unspecified atom stereocenters. The van der Waals surface area contributed by atoms with E-state index in [0.29, 0.717) is 0 Å². The molecule has 54 valence electrons. The van der Waals surface area contributed by atoms with E-state index < -0.39 is 0 Å². The quantitative estimate of drug-likeness (QED) is 0.472. The minimum absolute atomic E-state index is 0.950. The SMILES string of the molecule is CN1C=C2C=NCCN2C1. The summed E-state index contributed by atoms with van der Waals surface area (Å²) in [6.07, 6.45) is 4.08. The molecule has 0 aromatic heterocycles. The van der Waals surface area contributed by atoms with Crippen LogP contribution in [0.5, 0.6) is 0 Å². The molecule has 2 rings (SSSR count). The summed E-state index contributed by atoms with van der Waals surface area (Å²) >= 11 is 0. The Morgan fingerprint density at radius 2 is 2.50 bits per heavy atom. The molecule has 0 saturated heterocycles. The van der Waals surface area contributed by atoms with Gasteiger partial charge >= 0.3 is 0 Å². The summed E-state index contributed by atoms with van der Waals surface area (Å²) in [4.78, 5) is 8.69. The summed E-state index contributed by atoms with van der Waals surface area (Å²) in [6.45, 7) is 3.05. The van der Waals surface area contributed by atoms with Gasteiger partial charge in [-0.05, 0) is 0 Å². The Morgan fingerprint density at radius 1 is 1.60 bits per heavy atom. The van der Waals surface area contributed by atoms with E-state index in [2.05, 4.69) is 28.0 Å². The zero-order valence-electron chi connectivity index (χ0n) is 6.12. The summed E-state index contributed by atoms with van der Waals surface area (Å²) < 4.78 is 0. The molecule has 0 bridgehead atoms. The molecule has 3 heteroatoms. The number of hydrogen-bond acceptors (Lipinski definition) is 3. The second-order valence-corrected chi connectivity index (χ2v) is 2.75. The van der Waals surface area contributed by atoms with Crippen LogP contribution in [0.2, 0.25) is 0 Å². The molecule has 0 amide bonds. The highest BCUT2D eigenvalue weighted by atomic mass is 15.4. The molecule has 0 spiro atoms. The summed E-state index contributed by atoms with van der Waals surface area (Å²) in [7, 11) is 2.08. The third kappa shape index (κ3) is 0.781. The van der Waals surface area contributed by atoms with Gasteiger partial charge in [0.1, 0.15) is 0 Å². The van der Waals surface area contributed by atoms with Crippen molar-refractivity contribution in [2.45, 2.75) is 0 Å². The van der Waals surface area contributed by atoms with Gasteiger partial charge in [-0.3, -0.25) is 4.99 Å². The van der Waals surface area contributed by atoms with Crippen molar-refractivity contribution < 1.29 is 0 Å². The smallest absolute Gasteiger partial charge is 0.0897 e. The third-order valence-electron chi connectivity index (χ3n) is 1.83. The zero-order chi connectivity index (χ0) is 6.97. The van der Waals surface area contributed by atoms with E-state index in [1.807, 2.05) is 6.21 Å². The predicted octanol–water partition coefficient (Wildman–Crippen LogP) is 0.117. The van der Waals surface area contributed by atoms with Gasteiger partial charge in [0.15, 0.2) is 0 Å². The second kappa shape index (κ2) is 2.01. The monoisotopic (exact) mass is 137 g/mol. The lowest BCUT2D eigenvalue weighted by atomic mass is 10.4. The van der Waals surface area contributed by atoms with Crippen LogP contribution < -0.4 is 0 Å². The minimum atomic E-state index is 0.950. The van der Waals surface area contributed by atoms with Crippen molar-refractivity contribution in [3.63, 3.8) is 0 Å². The molecule has 0 aromatic carbocycles. The van der Waals surface area contributed by atoms with Crippen LogP contribution in [0.3, 0.4) is 0 Å². The average molecular weight is 137 g/mol. The lowest BCUT2D eigenvalue weighted by molar-refractivity contribution is 0.293. The Morgan fingerprint density at radius 3 is 3.30 bits per heavy atom. The molecule has 0 N–H and O–H groups in total. The standard InChI is InChI=1S/C7H11N3/c1-9-5-7-4-8-2-3-10(7)6-9/h4-5H,2-3,6H2,1H3. The molecule has 2 heterocycles. The molecule has 0 aromatic rings. The first-order valence-corrected chi connectivity index (χ1v) is 3.53. The van der Waals surface area contributed by atoms with Gasteiger partial charge in [0.25, 0.3) is 0 Å². The topological polar surface area (TPSA) is 18.8 Å². The van der Waals surface area contributed by atoms with E-state index in [0.717, 1.165) is 19.8 Å². The van der Waals surface area contributed by atoms with Crippen LogP contribution in [0, 0.1) is 0 Å². The van der Waals surface area contributed by atoms with Crippen LogP contribution in [0.25, 0.3) is 0 Å². The molecule has 0 atom stereocenters. The highest BCUT2D eigenvalue weighted by molar-refractivity contribution is 5.78. The first kappa shape index (κ1) is 5.77. The van der Waals surface area contributed by atoms with Crippen molar-refractivity contribution in [3.05, 3.63) is 11.9 Å². The number of allylic oxidation sites excluding steroid dienone is 1. The summed E-state index contributed by atoms with van der Waals surface area (Å²) in [5.41, 5.74) is 1.26. The molecule has 0 fully saturated rings. The van der Waals surface area contributed by atoms with E-state index in [-0.39, 0.29) is 0 Å². The molecule has 0 saturated carbocycles. The normalized spacial score (nSPS) is 23.1. The van der Waals surface area contributed by atoms with Gasteiger partial charge in [-0.15, -0.1) is 0 Å². The summed E-state index contributed by atoms with van der Waals surface area (Å²) in [5, 5.41) is 0. The molecule has 3 nitrogen and oxygen atoms in total. The van der Waals surface area contributed by atoms with Crippen molar-refractivity contribution in [3.8, 4) is 0 Å². The lowest BCUT2D eigenvalue weighted by Gasteiger charge is -2.22. The summed E-state index contributed by atoms with van der Waals surface area (Å²) in [5.74, 6) is 0. The Kier molecular flexibility index (Phi) is 1.16. The van der Waals surface area contributed by atoms with Crippen molar-refractivity contribution in [2.75, 3.05) is 26.8 Å². The van der Waals surface area contributed by atoms with E-state index >= 15 is 0 Å². The maximum absolute atomic E-state index is 4.19. The number of nitrogens with zero attached hydrogens (tertiary/aromatic N) is 3. The molecule has 0 radical (unpaired) electrons. The fraction of sp³-hybridized carbons (Fsp3) is 0.571. The lowest BCUT2D eigenvalue weighted by Crippen LogP contribution is -2.30. The van der Waals surface area contributed by atoms with Gasteiger partial charge in [0, 0.05) is 26.0 Å². The van der Waals surface area contributed by atoms with E-state index in [1.54, 1.807) is 0 Å². The van der Waals surface area contributed by atoms with Crippen LogP contribution >= 0.6 is 0 Å². The first-order valence-electron chi connectivity index (χ1n) is 3.53. The molecule has 10 heavy (non-hydrogen) atoms. The molecular formula is C7H11N3. The number of aliphatic imine (C=N–C) groups is 1. The highest BCUT2D eigenvalue weighted by Crippen LogP contribution is 2.13. The first-order chi connectivity index (χ1) is 4.86. The third-order valence-corrected chi connectivity index (χ3v) is 1.83. The Balaban J connectivity index is 2.22. The van der Waals surface area contributed by atoms with E-state index in [9.17, 15) is 0 Å². The van der Waals surface area contributed by atoms with Crippen molar-refractivity contribution in [2.24, 2.45) is 4.99 Å². The molecule has 2 aliphatic heterocycles. The number of hydrogen-bond donors (Lipinski definition) is 0. The van der Waals surface area contributed by atoms with Crippen LogP contribution in [-0.4, -0.2) is 42.8 Å². The summed E-state index contributed by atoms with van der Waals surface area (Å²) in [6, 6.07) is 0. The maximum Gasteiger partial charge on any atom is 0.0897 e. The highest BCUT2D eigenvalue weighted by Gasteiger charge is 2.17. The maximum atomic E-state index is 4.19. The Labute approximate surface area is 60.6 Å². The van der Waals surface area contributed by atoms with Crippen LogP contribution in [-0.2, 0) is 0 Å². The predicted molar refractivity (Wildman–Crippen MR) is 40.8 cm³/mol. The molecule has 2 aliphatic rings. The van der Waals surface area contributed by atoms with Gasteiger partial charge in [-0.2, -0.15) is 0 Å². The number of rotatable bonds is 0. The van der Waals surface area contributed by atoms with Gasteiger partial charge in [0.05, 0.1) is 18.9 Å². The zero-order valence-corrected chi connectivity index (χ0v) is 6.12. The molecule has 0 aliphatic carbocycles. The van der Waals surface area contributed by atoms with Crippen LogP contribution in [0.15, 0.2) is 16.9 Å². The Bertz CT molecular complexity index is 195. The number of fused-ring (bicyclic) bond motifs is 1. The Hall–Kier alpha value is -0.990. The van der Waals surface area contributed by atoms with Gasteiger partial charge in [-0.25, -0.2) is 0 Å². The van der Waals surface area contributed by atoms with Gasteiger partial charge in [0.2, 0.25) is 0 Å². The van der Waals surface area contributed by atoms with Crippen molar-refractivity contribution in [1.29, 1.82) is 0 Å². The van der Waals surface area contributed by atoms with Gasteiger partial charge in [-0.1, -0.05) is 0 Å². The minimum Gasteiger partial charge on any atom is -0.361 e. The fourth-order valence-electron chi connectivity index (χ4n) is 1.35. The van der Waals surface area contributed by atoms with Crippen LogP contribution in [0.4, 0.5) is 0 Å². The van der Waals surface area contributed by atoms with Crippen molar-refractivity contribution in [1.82, 2.24) is 9.80 Å². The molecular weight excluding hydrogens is 126 g/mol. The average Bonchev–Trinajstić information content (AvgIpc) is 2.27. The van der Waals surface area contributed by atoms with Gasteiger partial charge < -0.3 is 9.80 Å². The fourth-order valence-corrected chi connectivity index (χ4v) is 1.35. The largest absolute Gasteiger partial charge is 0.361 e. The van der Waals surface area contributed by atoms with E-state index in [4.69, 9.17) is 0 Å². The van der Waals surface area contributed by atoms with E-state index in [1.165, 1.54) is 5.70 Å². The van der Waals surface area contributed by atoms with Crippen LogP contribution in [0.1, 0.15) is 0 Å². The van der Waals surface area contributed by atoms with Crippen molar-refractivity contribution >= 4 is 6.21 Å². The second-order valence-electron chi connectivity index (χ2n) is 2.75.